The van der Waals surface area contributed by atoms with Crippen LogP contribution in [0.4, 0.5) is 5.69 Å². The third kappa shape index (κ3) is 2.87. The molecule has 1 aliphatic carbocycles. The molecule has 1 fully saturated rings. The van der Waals surface area contributed by atoms with Gasteiger partial charge >= 0.3 is 0 Å². The molecular formula is C15H19BrN2. The van der Waals surface area contributed by atoms with E-state index in [0.717, 1.165) is 10.2 Å². The number of halogens is 1. The third-order valence-corrected chi connectivity index (χ3v) is 4.43. The average molecular weight is 307 g/mol. The van der Waals surface area contributed by atoms with Crippen LogP contribution in [0.5, 0.6) is 0 Å². The summed E-state index contributed by atoms with van der Waals surface area (Å²) in [6, 6.07) is 8.57. The van der Waals surface area contributed by atoms with Crippen LogP contribution in [0.1, 0.15) is 45.1 Å². The molecule has 0 amide bonds. The van der Waals surface area contributed by atoms with Gasteiger partial charge in [-0.25, -0.2) is 0 Å². The minimum Gasteiger partial charge on any atom is -0.381 e. The lowest BCUT2D eigenvalue weighted by atomic mass is 9.73. The normalized spacial score (nSPS) is 22.2. The third-order valence-electron chi connectivity index (χ3n) is 3.94. The summed E-state index contributed by atoms with van der Waals surface area (Å²) in [5.74, 6) is 0. The SMILES string of the molecule is CC1(C)CCCCC1Nc1ccc(Br)cc1C#N. The molecule has 1 unspecified atom stereocenters. The van der Waals surface area contributed by atoms with Crippen LogP contribution < -0.4 is 5.32 Å². The van der Waals surface area contributed by atoms with E-state index >= 15 is 0 Å². The van der Waals surface area contributed by atoms with Crippen molar-refractivity contribution in [3.8, 4) is 6.07 Å². The molecule has 0 bridgehead atoms. The summed E-state index contributed by atoms with van der Waals surface area (Å²) in [6.45, 7) is 4.63. The predicted molar refractivity (Wildman–Crippen MR) is 78.5 cm³/mol. The number of anilines is 1. The molecule has 2 nitrogen and oxygen atoms in total. The number of benzene rings is 1. The molecule has 0 saturated heterocycles. The molecule has 96 valence electrons. The van der Waals surface area contributed by atoms with Crippen LogP contribution in [0.2, 0.25) is 0 Å². The van der Waals surface area contributed by atoms with Gasteiger partial charge in [0.1, 0.15) is 6.07 Å². The molecule has 0 aliphatic heterocycles. The van der Waals surface area contributed by atoms with E-state index in [1.165, 1.54) is 25.7 Å². The van der Waals surface area contributed by atoms with E-state index in [2.05, 4.69) is 41.2 Å². The summed E-state index contributed by atoms with van der Waals surface area (Å²) in [5.41, 5.74) is 1.98. The lowest BCUT2D eigenvalue weighted by Crippen LogP contribution is -2.39. The predicted octanol–water partition coefficient (Wildman–Crippen LogP) is 4.70. The molecule has 1 saturated carbocycles. The quantitative estimate of drug-likeness (QED) is 0.859. The van der Waals surface area contributed by atoms with Gasteiger partial charge in [0, 0.05) is 10.5 Å². The van der Waals surface area contributed by atoms with Gasteiger partial charge in [0.25, 0.3) is 0 Å². The van der Waals surface area contributed by atoms with E-state index < -0.39 is 0 Å². The second-order valence-electron chi connectivity index (χ2n) is 5.73. The molecule has 0 radical (unpaired) electrons. The Hall–Kier alpha value is -1.01. The molecule has 18 heavy (non-hydrogen) atoms. The van der Waals surface area contributed by atoms with Crippen molar-refractivity contribution < 1.29 is 0 Å². The number of nitriles is 1. The highest BCUT2D eigenvalue weighted by molar-refractivity contribution is 9.10. The zero-order valence-electron chi connectivity index (χ0n) is 11.0. The Kier molecular flexibility index (Phi) is 3.97. The van der Waals surface area contributed by atoms with Crippen molar-refractivity contribution >= 4 is 21.6 Å². The molecule has 2 rings (SSSR count). The molecule has 0 aromatic heterocycles. The van der Waals surface area contributed by atoms with Crippen LogP contribution in [0.25, 0.3) is 0 Å². The van der Waals surface area contributed by atoms with E-state index in [4.69, 9.17) is 0 Å². The maximum Gasteiger partial charge on any atom is 0.101 e. The average Bonchev–Trinajstić information content (AvgIpc) is 2.33. The fourth-order valence-corrected chi connectivity index (χ4v) is 3.05. The number of nitrogens with one attached hydrogen (secondary N) is 1. The van der Waals surface area contributed by atoms with E-state index in [1.54, 1.807) is 0 Å². The van der Waals surface area contributed by atoms with Gasteiger partial charge in [-0.05, 0) is 36.5 Å². The van der Waals surface area contributed by atoms with Gasteiger partial charge in [-0.3, -0.25) is 0 Å². The minimum absolute atomic E-state index is 0.304. The van der Waals surface area contributed by atoms with E-state index in [1.807, 2.05) is 18.2 Å². The zero-order valence-corrected chi connectivity index (χ0v) is 12.5. The van der Waals surface area contributed by atoms with Crippen LogP contribution >= 0.6 is 15.9 Å². The van der Waals surface area contributed by atoms with Gasteiger partial charge in [-0.2, -0.15) is 5.26 Å². The van der Waals surface area contributed by atoms with Crippen molar-refractivity contribution in [2.75, 3.05) is 5.32 Å². The maximum absolute atomic E-state index is 9.19. The summed E-state index contributed by atoms with van der Waals surface area (Å²) in [7, 11) is 0. The number of rotatable bonds is 2. The Morgan fingerprint density at radius 1 is 1.39 bits per heavy atom. The van der Waals surface area contributed by atoms with Gasteiger partial charge < -0.3 is 5.32 Å². The second kappa shape index (κ2) is 5.32. The Balaban J connectivity index is 2.21. The van der Waals surface area contributed by atoms with Crippen molar-refractivity contribution in [2.24, 2.45) is 5.41 Å². The van der Waals surface area contributed by atoms with Crippen LogP contribution in [-0.4, -0.2) is 6.04 Å². The number of nitrogens with zero attached hydrogens (tertiary/aromatic N) is 1. The monoisotopic (exact) mass is 306 g/mol. The van der Waals surface area contributed by atoms with Crippen molar-refractivity contribution in [3.63, 3.8) is 0 Å². The maximum atomic E-state index is 9.19. The molecule has 1 aliphatic rings. The molecule has 0 heterocycles. The summed E-state index contributed by atoms with van der Waals surface area (Å²) in [5, 5.41) is 12.8. The standard InChI is InChI=1S/C15H19BrN2/c1-15(2)8-4-3-5-14(15)18-13-7-6-12(16)9-11(13)10-17/h6-7,9,14,18H,3-5,8H2,1-2H3. The topological polar surface area (TPSA) is 35.8 Å². The van der Waals surface area contributed by atoms with Crippen molar-refractivity contribution in [2.45, 2.75) is 45.6 Å². The summed E-state index contributed by atoms with van der Waals surface area (Å²) in [6.07, 6.45) is 5.03. The summed E-state index contributed by atoms with van der Waals surface area (Å²) >= 11 is 3.41. The highest BCUT2D eigenvalue weighted by atomic mass is 79.9. The van der Waals surface area contributed by atoms with E-state index in [-0.39, 0.29) is 0 Å². The first-order chi connectivity index (χ1) is 8.53. The molecular weight excluding hydrogens is 288 g/mol. The number of hydrogen-bond donors (Lipinski definition) is 1. The van der Waals surface area contributed by atoms with Gasteiger partial charge in [-0.1, -0.05) is 42.6 Å². The second-order valence-corrected chi connectivity index (χ2v) is 6.65. The molecule has 1 N–H and O–H groups in total. The fraction of sp³-hybridized carbons (Fsp3) is 0.533. The molecule has 0 spiro atoms. The van der Waals surface area contributed by atoms with Crippen molar-refractivity contribution in [1.82, 2.24) is 0 Å². The molecule has 1 aromatic carbocycles. The largest absolute Gasteiger partial charge is 0.381 e. The Labute approximate surface area is 118 Å². The van der Waals surface area contributed by atoms with Crippen LogP contribution in [0.15, 0.2) is 22.7 Å². The van der Waals surface area contributed by atoms with Crippen LogP contribution in [0, 0.1) is 16.7 Å². The summed E-state index contributed by atoms with van der Waals surface area (Å²) in [4.78, 5) is 0. The first-order valence-electron chi connectivity index (χ1n) is 6.49. The highest BCUT2D eigenvalue weighted by Crippen LogP contribution is 2.37. The first kappa shape index (κ1) is 13.4. The first-order valence-corrected chi connectivity index (χ1v) is 7.28. The van der Waals surface area contributed by atoms with Gasteiger partial charge in [0.2, 0.25) is 0 Å². The molecule has 3 heteroatoms. The highest BCUT2D eigenvalue weighted by Gasteiger charge is 2.32. The van der Waals surface area contributed by atoms with Gasteiger partial charge in [0.15, 0.2) is 0 Å². The number of hydrogen-bond acceptors (Lipinski definition) is 2. The summed E-state index contributed by atoms with van der Waals surface area (Å²) < 4.78 is 0.951. The molecule has 1 aromatic rings. The Morgan fingerprint density at radius 3 is 2.83 bits per heavy atom. The lowest BCUT2D eigenvalue weighted by molar-refractivity contribution is 0.217. The lowest BCUT2D eigenvalue weighted by Gasteiger charge is -2.39. The van der Waals surface area contributed by atoms with E-state index in [9.17, 15) is 5.26 Å². The smallest absolute Gasteiger partial charge is 0.101 e. The zero-order chi connectivity index (χ0) is 13.2. The van der Waals surface area contributed by atoms with Gasteiger partial charge in [0.05, 0.1) is 11.3 Å². The minimum atomic E-state index is 0.304. The fourth-order valence-electron chi connectivity index (χ4n) is 2.68. The van der Waals surface area contributed by atoms with Crippen molar-refractivity contribution in [3.05, 3.63) is 28.2 Å². The van der Waals surface area contributed by atoms with Crippen LogP contribution in [0.3, 0.4) is 0 Å². The molecule has 1 atom stereocenters. The van der Waals surface area contributed by atoms with Gasteiger partial charge in [-0.15, -0.1) is 0 Å². The van der Waals surface area contributed by atoms with E-state index in [0.29, 0.717) is 17.0 Å². The van der Waals surface area contributed by atoms with Crippen LogP contribution in [-0.2, 0) is 0 Å². The Bertz CT molecular complexity index is 474. The van der Waals surface area contributed by atoms with Crippen molar-refractivity contribution in [1.29, 1.82) is 5.26 Å². The Morgan fingerprint density at radius 2 is 2.17 bits per heavy atom.